The normalized spacial score (nSPS) is 26.3. The number of carbonyl (C=O) groups excluding carboxylic acids is 2. The van der Waals surface area contributed by atoms with Gasteiger partial charge < -0.3 is 9.80 Å². The Kier molecular flexibility index (Phi) is 6.22. The first-order chi connectivity index (χ1) is 16.4. The van der Waals surface area contributed by atoms with Crippen molar-refractivity contribution in [1.29, 1.82) is 0 Å². The molecular formula is C29H35FN2O2. The number of fused-ring (bicyclic) bond motifs is 1. The minimum Gasteiger partial charge on any atom is -0.341 e. The fourth-order valence-corrected chi connectivity index (χ4v) is 6.80. The predicted octanol–water partition coefficient (Wildman–Crippen LogP) is 5.20. The first-order valence-corrected chi connectivity index (χ1v) is 12.8. The van der Waals surface area contributed by atoms with Crippen LogP contribution in [0.3, 0.4) is 0 Å². The molecule has 4 nitrogen and oxygen atoms in total. The van der Waals surface area contributed by atoms with Gasteiger partial charge in [0.25, 0.3) is 0 Å². The molecule has 34 heavy (non-hydrogen) atoms. The van der Waals surface area contributed by atoms with E-state index in [1.807, 2.05) is 17.0 Å². The molecule has 2 saturated heterocycles. The Morgan fingerprint density at radius 3 is 2.26 bits per heavy atom. The molecule has 2 aliphatic heterocycles. The SMILES string of the molecule is CC(=O)N1C[C@H](c2ccc(F)cc2)[C@H]2CN(C(=O)C3(c4ccc(C)cc4)CCCCC3)CC[C@H]21. The number of likely N-dealkylation sites (tertiary alicyclic amines) is 2. The molecule has 0 unspecified atom stereocenters. The predicted molar refractivity (Wildman–Crippen MR) is 131 cm³/mol. The minimum atomic E-state index is -0.441. The van der Waals surface area contributed by atoms with Crippen LogP contribution in [0.2, 0.25) is 0 Å². The third-order valence-electron chi connectivity index (χ3n) is 8.64. The zero-order valence-corrected chi connectivity index (χ0v) is 20.3. The summed E-state index contributed by atoms with van der Waals surface area (Å²) in [5, 5.41) is 0. The molecule has 0 radical (unpaired) electrons. The van der Waals surface area contributed by atoms with Crippen LogP contribution in [-0.2, 0) is 15.0 Å². The second-order valence-corrected chi connectivity index (χ2v) is 10.6. The number of nitrogens with zero attached hydrogens (tertiary/aromatic N) is 2. The van der Waals surface area contributed by atoms with Gasteiger partial charge in [-0.3, -0.25) is 9.59 Å². The van der Waals surface area contributed by atoms with Crippen molar-refractivity contribution >= 4 is 11.8 Å². The topological polar surface area (TPSA) is 40.6 Å². The Hall–Kier alpha value is -2.69. The quantitative estimate of drug-likeness (QED) is 0.629. The van der Waals surface area contributed by atoms with Crippen LogP contribution in [0.15, 0.2) is 48.5 Å². The van der Waals surface area contributed by atoms with Crippen LogP contribution in [0, 0.1) is 18.7 Å². The lowest BCUT2D eigenvalue weighted by molar-refractivity contribution is -0.142. The van der Waals surface area contributed by atoms with E-state index in [1.54, 1.807) is 6.92 Å². The third-order valence-corrected chi connectivity index (χ3v) is 8.64. The number of piperidine rings is 1. The number of carbonyl (C=O) groups is 2. The lowest BCUT2D eigenvalue weighted by Gasteiger charge is -2.45. The number of halogens is 1. The van der Waals surface area contributed by atoms with Gasteiger partial charge in [0.1, 0.15) is 5.82 Å². The second-order valence-electron chi connectivity index (χ2n) is 10.6. The Labute approximate surface area is 202 Å². The van der Waals surface area contributed by atoms with Crippen molar-refractivity contribution < 1.29 is 14.0 Å². The van der Waals surface area contributed by atoms with E-state index in [-0.39, 0.29) is 35.5 Å². The Balaban J connectivity index is 1.44. The van der Waals surface area contributed by atoms with Gasteiger partial charge in [-0.05, 0) is 49.4 Å². The molecule has 0 bridgehead atoms. The first kappa shape index (κ1) is 23.1. The third kappa shape index (κ3) is 4.03. The van der Waals surface area contributed by atoms with Crippen molar-refractivity contribution in [2.24, 2.45) is 5.92 Å². The summed E-state index contributed by atoms with van der Waals surface area (Å²) in [5.41, 5.74) is 2.97. The highest BCUT2D eigenvalue weighted by atomic mass is 19.1. The van der Waals surface area contributed by atoms with Crippen LogP contribution in [0.4, 0.5) is 4.39 Å². The number of hydrogen-bond donors (Lipinski definition) is 0. The fourth-order valence-electron chi connectivity index (χ4n) is 6.80. The van der Waals surface area contributed by atoms with E-state index in [4.69, 9.17) is 0 Å². The smallest absolute Gasteiger partial charge is 0.233 e. The summed E-state index contributed by atoms with van der Waals surface area (Å²) < 4.78 is 13.6. The van der Waals surface area contributed by atoms with Crippen LogP contribution in [-0.4, -0.2) is 47.3 Å². The highest BCUT2D eigenvalue weighted by Gasteiger charge is 2.50. The maximum atomic E-state index is 14.2. The molecule has 0 N–H and O–H groups in total. The van der Waals surface area contributed by atoms with Gasteiger partial charge >= 0.3 is 0 Å². The molecule has 2 amide bonds. The molecule has 0 spiro atoms. The molecule has 5 heteroatoms. The van der Waals surface area contributed by atoms with Crippen LogP contribution in [0.5, 0.6) is 0 Å². The van der Waals surface area contributed by atoms with Gasteiger partial charge in [0.05, 0.1) is 5.41 Å². The van der Waals surface area contributed by atoms with Crippen LogP contribution in [0.25, 0.3) is 0 Å². The number of benzene rings is 2. The highest BCUT2D eigenvalue weighted by molar-refractivity contribution is 5.88. The van der Waals surface area contributed by atoms with Gasteiger partial charge in [-0.2, -0.15) is 0 Å². The average molecular weight is 463 g/mol. The van der Waals surface area contributed by atoms with Gasteiger partial charge in [0, 0.05) is 44.4 Å². The van der Waals surface area contributed by atoms with Gasteiger partial charge in [-0.15, -0.1) is 0 Å². The summed E-state index contributed by atoms with van der Waals surface area (Å²) in [4.78, 5) is 30.8. The van der Waals surface area contributed by atoms with Crippen LogP contribution < -0.4 is 0 Å². The van der Waals surface area contributed by atoms with Crippen molar-refractivity contribution in [1.82, 2.24) is 9.80 Å². The van der Waals surface area contributed by atoms with Crippen LogP contribution in [0.1, 0.15) is 68.1 Å². The standard InChI is InChI=1S/C29H35FN2O2/c1-20-6-10-23(11-7-20)29(15-4-3-5-16-29)28(34)31-17-14-27-26(18-31)25(19-32(27)21(2)33)22-8-12-24(30)13-9-22/h6-13,25-27H,3-5,14-19H2,1-2H3/t25-,26-,27-/m1/s1. The number of aryl methyl sites for hydroxylation is 1. The number of amides is 2. The molecule has 1 aliphatic carbocycles. The molecule has 5 rings (SSSR count). The van der Waals surface area contributed by atoms with Gasteiger partial charge in [0.15, 0.2) is 0 Å². The molecule has 1 saturated carbocycles. The fraction of sp³-hybridized carbons (Fsp3) is 0.517. The van der Waals surface area contributed by atoms with Gasteiger partial charge in [0.2, 0.25) is 11.8 Å². The average Bonchev–Trinajstić information content (AvgIpc) is 3.24. The molecule has 2 aromatic carbocycles. The molecule has 3 aliphatic rings. The molecule has 3 fully saturated rings. The zero-order chi connectivity index (χ0) is 23.9. The summed E-state index contributed by atoms with van der Waals surface area (Å²) in [5.74, 6) is 0.383. The maximum Gasteiger partial charge on any atom is 0.233 e. The Morgan fingerprint density at radius 1 is 0.941 bits per heavy atom. The van der Waals surface area contributed by atoms with Crippen molar-refractivity contribution in [2.75, 3.05) is 19.6 Å². The van der Waals surface area contributed by atoms with E-state index >= 15 is 0 Å². The van der Waals surface area contributed by atoms with E-state index in [0.717, 1.165) is 43.2 Å². The van der Waals surface area contributed by atoms with E-state index in [9.17, 15) is 14.0 Å². The first-order valence-electron chi connectivity index (χ1n) is 12.8. The lowest BCUT2D eigenvalue weighted by atomic mass is 9.68. The van der Waals surface area contributed by atoms with E-state index in [0.29, 0.717) is 19.6 Å². The summed E-state index contributed by atoms with van der Waals surface area (Å²) in [6, 6.07) is 15.4. The molecule has 2 aromatic rings. The summed E-state index contributed by atoms with van der Waals surface area (Å²) >= 11 is 0. The molecule has 2 heterocycles. The van der Waals surface area contributed by atoms with Crippen molar-refractivity contribution in [3.63, 3.8) is 0 Å². The highest BCUT2D eigenvalue weighted by Crippen LogP contribution is 2.45. The Morgan fingerprint density at radius 2 is 1.62 bits per heavy atom. The van der Waals surface area contributed by atoms with E-state index < -0.39 is 5.41 Å². The van der Waals surface area contributed by atoms with Gasteiger partial charge in [-0.25, -0.2) is 4.39 Å². The van der Waals surface area contributed by atoms with Crippen molar-refractivity contribution in [2.45, 2.75) is 69.7 Å². The minimum absolute atomic E-state index is 0.0859. The second kappa shape index (κ2) is 9.16. The van der Waals surface area contributed by atoms with Crippen molar-refractivity contribution in [3.05, 3.63) is 71.0 Å². The maximum absolute atomic E-state index is 14.2. The zero-order valence-electron chi connectivity index (χ0n) is 20.3. The van der Waals surface area contributed by atoms with Gasteiger partial charge in [-0.1, -0.05) is 61.2 Å². The molecule has 3 atom stereocenters. The molecule has 180 valence electrons. The largest absolute Gasteiger partial charge is 0.341 e. The van der Waals surface area contributed by atoms with E-state index in [1.165, 1.54) is 24.1 Å². The summed E-state index contributed by atoms with van der Waals surface area (Å²) in [6.45, 7) is 5.70. The summed E-state index contributed by atoms with van der Waals surface area (Å²) in [6.07, 6.45) is 5.95. The Bertz CT molecular complexity index is 1040. The lowest BCUT2D eigenvalue weighted by Crippen LogP contribution is -2.55. The van der Waals surface area contributed by atoms with Crippen molar-refractivity contribution in [3.8, 4) is 0 Å². The molecule has 0 aromatic heterocycles. The molecular weight excluding hydrogens is 427 g/mol. The number of hydrogen-bond acceptors (Lipinski definition) is 2. The number of rotatable bonds is 3. The van der Waals surface area contributed by atoms with E-state index in [2.05, 4.69) is 36.1 Å². The van der Waals surface area contributed by atoms with Crippen LogP contribution >= 0.6 is 0 Å². The monoisotopic (exact) mass is 462 g/mol. The summed E-state index contributed by atoms with van der Waals surface area (Å²) in [7, 11) is 0.